The van der Waals surface area contributed by atoms with Crippen molar-refractivity contribution in [2.24, 2.45) is 11.8 Å². The van der Waals surface area contributed by atoms with Gasteiger partial charge in [0.15, 0.2) is 5.78 Å². The van der Waals surface area contributed by atoms with E-state index in [9.17, 15) is 14.7 Å². The molecule has 1 unspecified atom stereocenters. The lowest BCUT2D eigenvalue weighted by molar-refractivity contribution is -0.141. The van der Waals surface area contributed by atoms with Crippen molar-refractivity contribution in [3.63, 3.8) is 0 Å². The summed E-state index contributed by atoms with van der Waals surface area (Å²) in [6.45, 7) is 9.47. The van der Waals surface area contributed by atoms with Crippen LogP contribution in [-0.4, -0.2) is 16.9 Å². The van der Waals surface area contributed by atoms with Crippen molar-refractivity contribution < 1.29 is 14.7 Å². The number of rotatable bonds is 5. The van der Waals surface area contributed by atoms with E-state index in [0.29, 0.717) is 11.5 Å². The lowest BCUT2D eigenvalue weighted by Crippen LogP contribution is -2.29. The fourth-order valence-corrected chi connectivity index (χ4v) is 2.13. The van der Waals surface area contributed by atoms with Gasteiger partial charge in [-0.25, -0.2) is 0 Å². The number of Topliss-reactive ketones (excluding diaryl/α,β-unsaturated/α-hetero) is 1. The van der Waals surface area contributed by atoms with E-state index in [1.54, 1.807) is 13.8 Å². The Morgan fingerprint density at radius 1 is 1.11 bits per heavy atom. The Balaban J connectivity index is 3.24. The van der Waals surface area contributed by atoms with E-state index in [1.807, 2.05) is 25.1 Å². The SMILES string of the molecule is Cc1ccc(C(C)C)cc1C(=O)C(C(=O)O)C(C)C. The highest BCUT2D eigenvalue weighted by Crippen LogP contribution is 2.24. The van der Waals surface area contributed by atoms with Crippen molar-refractivity contribution in [1.29, 1.82) is 0 Å². The van der Waals surface area contributed by atoms with Gasteiger partial charge < -0.3 is 5.11 Å². The van der Waals surface area contributed by atoms with Gasteiger partial charge >= 0.3 is 5.97 Å². The third-order valence-corrected chi connectivity index (χ3v) is 3.41. The summed E-state index contributed by atoms with van der Waals surface area (Å²) in [4.78, 5) is 23.7. The van der Waals surface area contributed by atoms with Gasteiger partial charge in [0, 0.05) is 5.56 Å². The largest absolute Gasteiger partial charge is 0.481 e. The average molecular weight is 262 g/mol. The summed E-state index contributed by atoms with van der Waals surface area (Å²) in [7, 11) is 0. The molecule has 1 aromatic rings. The monoisotopic (exact) mass is 262 g/mol. The van der Waals surface area contributed by atoms with E-state index < -0.39 is 11.9 Å². The Bertz CT molecular complexity index is 487. The maximum Gasteiger partial charge on any atom is 0.314 e. The number of ketones is 1. The van der Waals surface area contributed by atoms with Crippen LogP contribution in [0.15, 0.2) is 18.2 Å². The minimum Gasteiger partial charge on any atom is -0.481 e. The zero-order valence-corrected chi connectivity index (χ0v) is 12.2. The third kappa shape index (κ3) is 3.43. The maximum atomic E-state index is 12.4. The molecule has 0 amide bonds. The average Bonchev–Trinajstić information content (AvgIpc) is 2.27. The molecule has 0 saturated carbocycles. The summed E-state index contributed by atoms with van der Waals surface area (Å²) in [5.41, 5.74) is 2.43. The minimum atomic E-state index is -1.05. The first-order valence-corrected chi connectivity index (χ1v) is 6.63. The summed E-state index contributed by atoms with van der Waals surface area (Å²) in [6, 6.07) is 5.71. The summed E-state index contributed by atoms with van der Waals surface area (Å²) >= 11 is 0. The van der Waals surface area contributed by atoms with Gasteiger partial charge in [0.1, 0.15) is 5.92 Å². The number of carbonyl (C=O) groups is 2. The van der Waals surface area contributed by atoms with Crippen molar-refractivity contribution in [2.45, 2.75) is 40.5 Å². The van der Waals surface area contributed by atoms with Gasteiger partial charge in [-0.3, -0.25) is 9.59 Å². The number of aryl methyl sites for hydroxylation is 1. The van der Waals surface area contributed by atoms with Gasteiger partial charge in [0.25, 0.3) is 0 Å². The van der Waals surface area contributed by atoms with Crippen LogP contribution in [0.4, 0.5) is 0 Å². The predicted molar refractivity (Wildman–Crippen MR) is 75.6 cm³/mol. The van der Waals surface area contributed by atoms with E-state index in [0.717, 1.165) is 11.1 Å². The molecule has 0 bridgehead atoms. The molecule has 1 aromatic carbocycles. The predicted octanol–water partition coefficient (Wildman–Crippen LogP) is 3.66. The highest BCUT2D eigenvalue weighted by atomic mass is 16.4. The van der Waals surface area contributed by atoms with Gasteiger partial charge in [-0.05, 0) is 36.0 Å². The minimum absolute atomic E-state index is 0.216. The van der Waals surface area contributed by atoms with Gasteiger partial charge in [-0.15, -0.1) is 0 Å². The topological polar surface area (TPSA) is 54.4 Å². The van der Waals surface area contributed by atoms with Crippen LogP contribution in [0.25, 0.3) is 0 Å². The third-order valence-electron chi connectivity index (χ3n) is 3.41. The molecule has 0 radical (unpaired) electrons. The maximum absolute atomic E-state index is 12.4. The van der Waals surface area contributed by atoms with Crippen LogP contribution in [0.1, 0.15) is 55.1 Å². The van der Waals surface area contributed by atoms with E-state index in [2.05, 4.69) is 13.8 Å². The lowest BCUT2D eigenvalue weighted by Gasteiger charge is -2.17. The van der Waals surface area contributed by atoms with Crippen LogP contribution < -0.4 is 0 Å². The zero-order valence-electron chi connectivity index (χ0n) is 12.2. The molecule has 1 atom stereocenters. The van der Waals surface area contributed by atoms with Crippen LogP contribution in [0.3, 0.4) is 0 Å². The smallest absolute Gasteiger partial charge is 0.314 e. The van der Waals surface area contributed by atoms with Crippen LogP contribution in [0.5, 0.6) is 0 Å². The first kappa shape index (κ1) is 15.4. The van der Waals surface area contributed by atoms with Crippen molar-refractivity contribution in [3.8, 4) is 0 Å². The molecule has 104 valence electrons. The summed E-state index contributed by atoms with van der Waals surface area (Å²) < 4.78 is 0. The molecule has 19 heavy (non-hydrogen) atoms. The van der Waals surface area contributed by atoms with E-state index in [1.165, 1.54) is 0 Å². The Morgan fingerprint density at radius 2 is 1.68 bits per heavy atom. The quantitative estimate of drug-likeness (QED) is 0.651. The molecule has 0 aliphatic rings. The standard InChI is InChI=1S/C16H22O3/c1-9(2)12-7-6-11(5)13(8-12)15(17)14(10(3)4)16(18)19/h6-10,14H,1-5H3,(H,18,19). The molecule has 0 saturated heterocycles. The first-order valence-electron chi connectivity index (χ1n) is 6.63. The van der Waals surface area contributed by atoms with Crippen LogP contribution in [-0.2, 0) is 4.79 Å². The Morgan fingerprint density at radius 3 is 2.11 bits per heavy atom. The Hall–Kier alpha value is -1.64. The molecule has 0 aliphatic heterocycles. The van der Waals surface area contributed by atoms with Crippen molar-refractivity contribution in [3.05, 3.63) is 34.9 Å². The van der Waals surface area contributed by atoms with Gasteiger partial charge in [-0.1, -0.05) is 39.8 Å². The number of benzene rings is 1. The molecule has 1 N–H and O–H groups in total. The number of carbonyl (C=O) groups excluding carboxylic acids is 1. The van der Waals surface area contributed by atoms with E-state index >= 15 is 0 Å². The lowest BCUT2D eigenvalue weighted by atomic mass is 9.85. The Kier molecular flexibility index (Phi) is 4.87. The zero-order chi connectivity index (χ0) is 14.7. The molecular weight excluding hydrogens is 240 g/mol. The van der Waals surface area contributed by atoms with Crippen molar-refractivity contribution in [2.75, 3.05) is 0 Å². The Labute approximate surface area is 114 Å². The van der Waals surface area contributed by atoms with Gasteiger partial charge in [0.2, 0.25) is 0 Å². The molecule has 3 heteroatoms. The molecule has 0 spiro atoms. The number of aliphatic carboxylic acids is 1. The molecule has 0 aliphatic carbocycles. The van der Waals surface area contributed by atoms with Crippen LogP contribution >= 0.6 is 0 Å². The molecular formula is C16H22O3. The number of carboxylic acid groups (broad SMARTS) is 1. The molecule has 0 aromatic heterocycles. The second-order valence-electron chi connectivity index (χ2n) is 5.65. The van der Waals surface area contributed by atoms with Gasteiger partial charge in [0.05, 0.1) is 0 Å². The van der Waals surface area contributed by atoms with E-state index in [4.69, 9.17) is 0 Å². The van der Waals surface area contributed by atoms with Crippen molar-refractivity contribution >= 4 is 11.8 Å². The summed E-state index contributed by atoms with van der Waals surface area (Å²) in [5, 5.41) is 9.22. The van der Waals surface area contributed by atoms with E-state index in [-0.39, 0.29) is 11.7 Å². The van der Waals surface area contributed by atoms with Crippen molar-refractivity contribution in [1.82, 2.24) is 0 Å². The number of hydrogen-bond acceptors (Lipinski definition) is 2. The summed E-state index contributed by atoms with van der Waals surface area (Å²) in [5.74, 6) is -2.21. The summed E-state index contributed by atoms with van der Waals surface area (Å²) in [6.07, 6.45) is 0. The molecule has 0 heterocycles. The second-order valence-corrected chi connectivity index (χ2v) is 5.65. The fraction of sp³-hybridized carbons (Fsp3) is 0.500. The fourth-order valence-electron chi connectivity index (χ4n) is 2.13. The van der Waals surface area contributed by atoms with Gasteiger partial charge in [-0.2, -0.15) is 0 Å². The van der Waals surface area contributed by atoms with Crippen LogP contribution in [0.2, 0.25) is 0 Å². The highest BCUT2D eigenvalue weighted by molar-refractivity contribution is 6.09. The van der Waals surface area contributed by atoms with Crippen LogP contribution in [0, 0.1) is 18.8 Å². The molecule has 1 rings (SSSR count). The highest BCUT2D eigenvalue weighted by Gasteiger charge is 2.31. The first-order chi connectivity index (χ1) is 8.75. The second kappa shape index (κ2) is 6.00. The number of hydrogen-bond donors (Lipinski definition) is 1. The molecule has 3 nitrogen and oxygen atoms in total. The normalized spacial score (nSPS) is 12.8. The molecule has 0 fully saturated rings. The number of carboxylic acids is 1.